The fourth-order valence-electron chi connectivity index (χ4n) is 10.7. The highest BCUT2D eigenvalue weighted by molar-refractivity contribution is 5.33. The third-order valence-electron chi connectivity index (χ3n) is 12.8. The topological polar surface area (TPSA) is 51.2 Å². The second kappa shape index (κ2) is 12.3. The van der Waals surface area contributed by atoms with Gasteiger partial charge in [0.25, 0.3) is 0 Å². The van der Waals surface area contributed by atoms with E-state index < -0.39 is 0 Å². The summed E-state index contributed by atoms with van der Waals surface area (Å²) in [5.41, 5.74) is 5.33. The summed E-state index contributed by atoms with van der Waals surface area (Å²) in [5.74, 6) is 3.56. The third-order valence-corrected chi connectivity index (χ3v) is 12.8. The summed E-state index contributed by atoms with van der Waals surface area (Å²) in [5, 5.41) is 10.3. The second-order valence-corrected chi connectivity index (χ2v) is 15.3. The van der Waals surface area contributed by atoms with E-state index in [-0.39, 0.29) is 11.7 Å². The molecule has 1 spiro atoms. The van der Waals surface area contributed by atoms with Gasteiger partial charge in [-0.05, 0) is 107 Å². The molecule has 2 saturated carbocycles. The van der Waals surface area contributed by atoms with Crippen molar-refractivity contribution in [2.75, 3.05) is 33.1 Å². The summed E-state index contributed by atoms with van der Waals surface area (Å²) in [7, 11) is 0. The Morgan fingerprint density at radius 1 is 1.10 bits per heavy atom. The first-order chi connectivity index (χ1) is 19.8. The van der Waals surface area contributed by atoms with E-state index in [4.69, 9.17) is 14.2 Å². The lowest BCUT2D eigenvalue weighted by Crippen LogP contribution is -2.52. The molecular formula is C36H59NO4. The quantitative estimate of drug-likeness (QED) is 0.180. The predicted octanol–water partition coefficient (Wildman–Crippen LogP) is 7.29. The van der Waals surface area contributed by atoms with E-state index in [9.17, 15) is 5.11 Å². The molecule has 0 amide bonds. The van der Waals surface area contributed by atoms with Gasteiger partial charge in [0.05, 0.1) is 24.4 Å². The molecule has 232 valence electrons. The van der Waals surface area contributed by atoms with Gasteiger partial charge in [0.1, 0.15) is 6.79 Å². The van der Waals surface area contributed by atoms with Crippen molar-refractivity contribution in [3.05, 3.63) is 22.8 Å². The van der Waals surface area contributed by atoms with Crippen LogP contribution in [0.1, 0.15) is 112 Å². The Morgan fingerprint density at radius 3 is 2.71 bits per heavy atom. The number of rotatable bonds is 9. The van der Waals surface area contributed by atoms with Gasteiger partial charge in [-0.2, -0.15) is 0 Å². The van der Waals surface area contributed by atoms with Crippen molar-refractivity contribution < 1.29 is 19.3 Å². The normalized spacial score (nSPS) is 44.3. The van der Waals surface area contributed by atoms with Crippen LogP contribution >= 0.6 is 0 Å². The number of nitrogens with zero attached hydrogens (tertiary/aromatic N) is 1. The lowest BCUT2D eigenvalue weighted by atomic mass is 9.56. The van der Waals surface area contributed by atoms with Gasteiger partial charge in [-0.15, -0.1) is 0 Å². The van der Waals surface area contributed by atoms with E-state index in [1.165, 1.54) is 57.9 Å². The van der Waals surface area contributed by atoms with Gasteiger partial charge < -0.3 is 19.3 Å². The Morgan fingerprint density at radius 2 is 1.90 bits per heavy atom. The number of aliphatic hydroxyl groups is 1. The second-order valence-electron chi connectivity index (χ2n) is 15.3. The van der Waals surface area contributed by atoms with Gasteiger partial charge in [-0.3, -0.25) is 4.90 Å². The first-order valence-corrected chi connectivity index (χ1v) is 17.4. The Balaban J connectivity index is 1.13. The lowest BCUT2D eigenvalue weighted by Gasteiger charge is -2.49. The van der Waals surface area contributed by atoms with Crippen LogP contribution in [0, 0.1) is 35.0 Å². The number of unbranched alkanes of at least 4 members (excludes halogenated alkanes) is 1. The number of fused-ring (bicyclic) bond motifs is 6. The standard InChI is InChI=1S/C36H59NO4/c1-6-7-16-39-23-40-17-8-15-37-22-24(2)18-33-34(37)26(4)36(41-33)14-12-29-30-10-9-27-19-28(38)11-13-35(27,5)32(30)20-31(29)25(3)21-36/h19,24,26,28-30,32-34,38H,6-18,20-23H2,1-5H3/t24-,26+,28-,29-,30-,32-,33+,34-,35-,36-/m0/s1. The van der Waals surface area contributed by atoms with Crippen molar-refractivity contribution in [1.82, 2.24) is 4.90 Å². The van der Waals surface area contributed by atoms with Crippen LogP contribution in [-0.2, 0) is 14.2 Å². The van der Waals surface area contributed by atoms with E-state index in [2.05, 4.69) is 45.6 Å². The molecule has 10 atom stereocenters. The molecule has 5 heteroatoms. The molecule has 6 aliphatic rings. The van der Waals surface area contributed by atoms with Gasteiger partial charge in [0.2, 0.25) is 0 Å². The minimum atomic E-state index is -0.216. The highest BCUT2D eigenvalue weighted by Gasteiger charge is 2.59. The molecule has 41 heavy (non-hydrogen) atoms. The first kappa shape index (κ1) is 30.3. The average Bonchev–Trinajstić information content (AvgIpc) is 3.40. The van der Waals surface area contributed by atoms with Crippen LogP contribution in [0.4, 0.5) is 0 Å². The van der Waals surface area contributed by atoms with Crippen LogP contribution in [0.25, 0.3) is 0 Å². The summed E-state index contributed by atoms with van der Waals surface area (Å²) < 4.78 is 18.7. The maximum absolute atomic E-state index is 10.3. The van der Waals surface area contributed by atoms with Crippen molar-refractivity contribution in [3.8, 4) is 0 Å². The molecule has 2 aliphatic heterocycles. The summed E-state index contributed by atoms with van der Waals surface area (Å²) in [6.45, 7) is 16.4. The fourth-order valence-corrected chi connectivity index (χ4v) is 10.7. The number of hydrogen-bond donors (Lipinski definition) is 1. The first-order valence-electron chi connectivity index (χ1n) is 17.4. The zero-order chi connectivity index (χ0) is 28.8. The third kappa shape index (κ3) is 5.65. The molecule has 2 heterocycles. The molecule has 2 saturated heterocycles. The molecule has 0 aromatic carbocycles. The van der Waals surface area contributed by atoms with Crippen LogP contribution in [0.3, 0.4) is 0 Å². The molecular weight excluding hydrogens is 510 g/mol. The maximum atomic E-state index is 10.3. The van der Waals surface area contributed by atoms with Crippen LogP contribution < -0.4 is 0 Å². The van der Waals surface area contributed by atoms with E-state index >= 15 is 0 Å². The number of piperidine rings is 1. The van der Waals surface area contributed by atoms with Gasteiger partial charge in [0.15, 0.2) is 0 Å². The fraction of sp³-hybridized carbons (Fsp3) is 0.889. The Kier molecular flexibility index (Phi) is 9.13. The van der Waals surface area contributed by atoms with Crippen molar-refractivity contribution >= 4 is 0 Å². The van der Waals surface area contributed by atoms with E-state index in [0.717, 1.165) is 63.2 Å². The van der Waals surface area contributed by atoms with Crippen LogP contribution in [0.5, 0.6) is 0 Å². The van der Waals surface area contributed by atoms with Gasteiger partial charge in [-0.25, -0.2) is 0 Å². The predicted molar refractivity (Wildman–Crippen MR) is 165 cm³/mol. The largest absolute Gasteiger partial charge is 0.389 e. The monoisotopic (exact) mass is 569 g/mol. The summed E-state index contributed by atoms with van der Waals surface area (Å²) in [4.78, 5) is 2.77. The van der Waals surface area contributed by atoms with Crippen molar-refractivity contribution in [2.24, 2.45) is 35.0 Å². The molecule has 0 aromatic rings. The van der Waals surface area contributed by atoms with Gasteiger partial charge >= 0.3 is 0 Å². The zero-order valence-corrected chi connectivity index (χ0v) is 26.8. The van der Waals surface area contributed by atoms with Gasteiger partial charge in [-0.1, -0.05) is 56.9 Å². The summed E-state index contributed by atoms with van der Waals surface area (Å²) in [6.07, 6.45) is 16.5. The van der Waals surface area contributed by atoms with E-state index in [1.807, 2.05) is 0 Å². The number of aliphatic hydroxyl groups excluding tert-OH is 1. The number of allylic oxidation sites excluding steroid dienone is 2. The number of ether oxygens (including phenoxy) is 3. The zero-order valence-electron chi connectivity index (χ0n) is 26.8. The Labute approximate surface area is 250 Å². The van der Waals surface area contributed by atoms with E-state index in [1.54, 1.807) is 16.7 Å². The maximum Gasteiger partial charge on any atom is 0.146 e. The smallest absolute Gasteiger partial charge is 0.146 e. The molecule has 5 nitrogen and oxygen atoms in total. The van der Waals surface area contributed by atoms with Crippen LogP contribution in [-0.4, -0.2) is 67.0 Å². The van der Waals surface area contributed by atoms with Gasteiger partial charge in [0, 0.05) is 31.7 Å². The molecule has 0 aromatic heterocycles. The molecule has 0 radical (unpaired) electrons. The Bertz CT molecular complexity index is 992. The number of likely N-dealkylation sites (tertiary alicyclic amines) is 1. The molecule has 1 N–H and O–H groups in total. The highest BCUT2D eigenvalue weighted by Crippen LogP contribution is 2.64. The number of hydrogen-bond acceptors (Lipinski definition) is 5. The van der Waals surface area contributed by atoms with E-state index in [0.29, 0.717) is 36.2 Å². The summed E-state index contributed by atoms with van der Waals surface area (Å²) in [6, 6.07) is 0.533. The molecule has 0 bridgehead atoms. The van der Waals surface area contributed by atoms with Crippen molar-refractivity contribution in [1.29, 1.82) is 0 Å². The molecule has 0 unspecified atom stereocenters. The molecule has 4 fully saturated rings. The highest BCUT2D eigenvalue weighted by atomic mass is 16.7. The molecule has 4 aliphatic carbocycles. The molecule has 6 rings (SSSR count). The minimum absolute atomic E-state index is 0.00321. The van der Waals surface area contributed by atoms with Crippen molar-refractivity contribution in [2.45, 2.75) is 136 Å². The van der Waals surface area contributed by atoms with Crippen molar-refractivity contribution in [3.63, 3.8) is 0 Å². The van der Waals surface area contributed by atoms with Crippen LogP contribution in [0.2, 0.25) is 0 Å². The minimum Gasteiger partial charge on any atom is -0.389 e. The SMILES string of the molecule is CCCCOCOCCCN1C[C@@H](C)C[C@H]2O[C@]3(CC[C@@H]4C(=C(C)C3)C[C@H]3[C@H]4CCC4=C[C@@H](O)CC[C@@]43C)[C@H](C)[C@@H]21. The van der Waals surface area contributed by atoms with Crippen LogP contribution in [0.15, 0.2) is 22.8 Å². The lowest BCUT2D eigenvalue weighted by molar-refractivity contribution is -0.0810. The summed E-state index contributed by atoms with van der Waals surface area (Å²) >= 11 is 0. The average molecular weight is 570 g/mol. The Hall–Kier alpha value is -0.720.